The third-order valence-corrected chi connectivity index (χ3v) is 7.62. The van der Waals surface area contributed by atoms with Crippen molar-refractivity contribution in [2.24, 2.45) is 11.7 Å². The van der Waals surface area contributed by atoms with Crippen LogP contribution in [0.25, 0.3) is 0 Å². The molecule has 2 aromatic carbocycles. The number of nitrogens with two attached hydrogens (primary N) is 1. The van der Waals surface area contributed by atoms with E-state index in [1.54, 1.807) is 25.1 Å². The third-order valence-electron chi connectivity index (χ3n) is 5.46. The molecule has 10 heteroatoms. The fourth-order valence-electron chi connectivity index (χ4n) is 3.61. The third kappa shape index (κ3) is 5.23. The van der Waals surface area contributed by atoms with Crippen LogP contribution >= 0.6 is 11.6 Å². The van der Waals surface area contributed by atoms with Gasteiger partial charge in [-0.15, -0.1) is 0 Å². The summed E-state index contributed by atoms with van der Waals surface area (Å²) in [6.45, 7) is 1.98. The van der Waals surface area contributed by atoms with E-state index in [0.29, 0.717) is 29.7 Å². The minimum absolute atomic E-state index is 0.0613. The highest BCUT2D eigenvalue weighted by Gasteiger charge is 2.32. The second-order valence-corrected chi connectivity index (χ2v) is 9.84. The number of hydrogen-bond acceptors (Lipinski definition) is 4. The van der Waals surface area contributed by atoms with E-state index in [4.69, 9.17) is 17.3 Å². The molecule has 0 unspecified atom stereocenters. The van der Waals surface area contributed by atoms with Crippen LogP contribution in [-0.4, -0.2) is 37.6 Å². The second-order valence-electron chi connectivity index (χ2n) is 7.46. The normalized spacial score (nSPS) is 15.6. The number of carbonyl (C=O) groups is 2. The SMILES string of the molecule is Cc1c(NC(=O)C2CCN(S(=O)(=O)Cc3c(F)cccc3Cl)CC2)cccc1C(N)=O. The minimum atomic E-state index is -3.79. The maximum absolute atomic E-state index is 14.0. The van der Waals surface area contributed by atoms with Crippen LogP contribution in [0.5, 0.6) is 0 Å². The molecule has 166 valence electrons. The first kappa shape index (κ1) is 23.2. The molecule has 0 radical (unpaired) electrons. The van der Waals surface area contributed by atoms with E-state index in [9.17, 15) is 22.4 Å². The van der Waals surface area contributed by atoms with Crippen molar-refractivity contribution >= 4 is 39.1 Å². The Bertz CT molecular complexity index is 1100. The molecule has 0 aliphatic carbocycles. The number of amides is 2. The lowest BCUT2D eigenvalue weighted by Gasteiger charge is -2.30. The largest absolute Gasteiger partial charge is 0.366 e. The molecule has 0 saturated carbocycles. The maximum atomic E-state index is 14.0. The summed E-state index contributed by atoms with van der Waals surface area (Å²) < 4.78 is 40.7. The van der Waals surface area contributed by atoms with E-state index in [2.05, 4.69) is 5.32 Å². The van der Waals surface area contributed by atoms with Gasteiger partial charge in [0.15, 0.2) is 0 Å². The van der Waals surface area contributed by atoms with Crippen molar-refractivity contribution in [1.29, 1.82) is 0 Å². The molecule has 31 heavy (non-hydrogen) atoms. The topological polar surface area (TPSA) is 110 Å². The van der Waals surface area contributed by atoms with Crippen LogP contribution < -0.4 is 11.1 Å². The Kier molecular flexibility index (Phi) is 6.98. The summed E-state index contributed by atoms with van der Waals surface area (Å²) in [6.07, 6.45) is 0.648. The molecule has 3 N–H and O–H groups in total. The molecular weight excluding hydrogens is 445 g/mol. The molecule has 1 fully saturated rings. The van der Waals surface area contributed by atoms with Crippen molar-refractivity contribution in [3.63, 3.8) is 0 Å². The van der Waals surface area contributed by atoms with Gasteiger partial charge in [0.1, 0.15) is 5.82 Å². The summed E-state index contributed by atoms with van der Waals surface area (Å²) in [7, 11) is -3.79. The first-order chi connectivity index (χ1) is 14.6. The van der Waals surface area contributed by atoms with Crippen molar-refractivity contribution < 1.29 is 22.4 Å². The van der Waals surface area contributed by atoms with Gasteiger partial charge in [0.2, 0.25) is 21.8 Å². The highest BCUT2D eigenvalue weighted by molar-refractivity contribution is 7.88. The van der Waals surface area contributed by atoms with Crippen molar-refractivity contribution in [1.82, 2.24) is 4.31 Å². The molecule has 1 aliphatic rings. The lowest BCUT2D eigenvalue weighted by atomic mass is 9.96. The Labute approximate surface area is 185 Å². The number of carbonyl (C=O) groups excluding carboxylic acids is 2. The predicted molar refractivity (Wildman–Crippen MR) is 117 cm³/mol. The van der Waals surface area contributed by atoms with Gasteiger partial charge in [0, 0.05) is 40.8 Å². The van der Waals surface area contributed by atoms with Gasteiger partial charge < -0.3 is 11.1 Å². The van der Waals surface area contributed by atoms with Crippen LogP contribution in [0.2, 0.25) is 5.02 Å². The van der Waals surface area contributed by atoms with Gasteiger partial charge in [-0.2, -0.15) is 0 Å². The van der Waals surface area contributed by atoms with Gasteiger partial charge in [-0.25, -0.2) is 17.1 Å². The Balaban J connectivity index is 1.63. The van der Waals surface area contributed by atoms with Crippen molar-refractivity contribution in [3.05, 3.63) is 63.9 Å². The number of nitrogens with one attached hydrogen (secondary N) is 1. The fourth-order valence-corrected chi connectivity index (χ4v) is 5.53. The molecule has 7 nitrogen and oxygen atoms in total. The molecule has 0 atom stereocenters. The molecule has 2 amide bonds. The van der Waals surface area contributed by atoms with Gasteiger partial charge in [0.05, 0.1) is 5.75 Å². The van der Waals surface area contributed by atoms with Crippen LogP contribution in [-0.2, 0) is 20.6 Å². The van der Waals surface area contributed by atoms with Crippen LogP contribution in [0.15, 0.2) is 36.4 Å². The van der Waals surface area contributed by atoms with Crippen LogP contribution in [0, 0.1) is 18.7 Å². The lowest BCUT2D eigenvalue weighted by Crippen LogP contribution is -2.42. The summed E-state index contributed by atoms with van der Waals surface area (Å²) in [5.41, 5.74) is 6.67. The Morgan fingerprint density at radius 2 is 1.84 bits per heavy atom. The molecule has 0 bridgehead atoms. The molecule has 1 saturated heterocycles. The molecular formula is C21H23ClFN3O4S. The summed E-state index contributed by atoms with van der Waals surface area (Å²) in [6, 6.07) is 8.92. The number of sulfonamides is 1. The Morgan fingerprint density at radius 3 is 2.45 bits per heavy atom. The zero-order chi connectivity index (χ0) is 22.8. The second kappa shape index (κ2) is 9.33. The number of halogens is 2. The number of primary amides is 1. The molecule has 0 spiro atoms. The van der Waals surface area contributed by atoms with E-state index in [-0.39, 0.29) is 35.5 Å². The van der Waals surface area contributed by atoms with E-state index in [1.807, 2.05) is 0 Å². The summed E-state index contributed by atoms with van der Waals surface area (Å²) >= 11 is 5.95. The van der Waals surface area contributed by atoms with Crippen molar-refractivity contribution in [2.45, 2.75) is 25.5 Å². The predicted octanol–water partition coefficient (Wildman–Crippen LogP) is 3.07. The summed E-state index contributed by atoms with van der Waals surface area (Å²) in [5, 5.41) is 2.86. The molecule has 2 aromatic rings. The van der Waals surface area contributed by atoms with E-state index >= 15 is 0 Å². The van der Waals surface area contributed by atoms with E-state index in [0.717, 1.165) is 0 Å². The van der Waals surface area contributed by atoms with Crippen LogP contribution in [0.4, 0.5) is 10.1 Å². The monoisotopic (exact) mass is 467 g/mol. The molecule has 0 aromatic heterocycles. The van der Waals surface area contributed by atoms with Gasteiger partial charge in [-0.05, 0) is 49.6 Å². The quantitative estimate of drug-likeness (QED) is 0.680. The smallest absolute Gasteiger partial charge is 0.249 e. The standard InChI is InChI=1S/C21H23ClFN3O4S/c1-13-15(20(24)27)4-2-7-19(13)25-21(28)14-8-10-26(11-9-14)31(29,30)12-16-17(22)5-3-6-18(16)23/h2-7,14H,8-12H2,1H3,(H2,24,27)(H,25,28). The lowest BCUT2D eigenvalue weighted by molar-refractivity contribution is -0.120. The average Bonchev–Trinajstić information content (AvgIpc) is 2.72. The maximum Gasteiger partial charge on any atom is 0.249 e. The Morgan fingerprint density at radius 1 is 1.19 bits per heavy atom. The van der Waals surface area contributed by atoms with Crippen LogP contribution in [0.1, 0.15) is 34.3 Å². The van der Waals surface area contributed by atoms with Gasteiger partial charge >= 0.3 is 0 Å². The van der Waals surface area contributed by atoms with Crippen molar-refractivity contribution in [3.8, 4) is 0 Å². The number of nitrogens with zero attached hydrogens (tertiary/aromatic N) is 1. The van der Waals surface area contributed by atoms with E-state index in [1.165, 1.54) is 22.5 Å². The van der Waals surface area contributed by atoms with Gasteiger partial charge in [-0.1, -0.05) is 23.7 Å². The zero-order valence-corrected chi connectivity index (χ0v) is 18.5. The highest BCUT2D eigenvalue weighted by atomic mass is 35.5. The number of rotatable bonds is 6. The summed E-state index contributed by atoms with van der Waals surface area (Å²) in [4.78, 5) is 24.2. The molecule has 1 heterocycles. The fraction of sp³-hybridized carbons (Fsp3) is 0.333. The Hall–Kier alpha value is -2.49. The number of piperidine rings is 1. The average molecular weight is 468 g/mol. The first-order valence-electron chi connectivity index (χ1n) is 9.71. The van der Waals surface area contributed by atoms with E-state index < -0.39 is 27.5 Å². The van der Waals surface area contributed by atoms with Crippen LogP contribution in [0.3, 0.4) is 0 Å². The summed E-state index contributed by atoms with van der Waals surface area (Å²) in [5.74, 6) is -2.42. The van der Waals surface area contributed by atoms with Crippen molar-refractivity contribution in [2.75, 3.05) is 18.4 Å². The first-order valence-corrected chi connectivity index (χ1v) is 11.7. The molecule has 1 aliphatic heterocycles. The molecule has 3 rings (SSSR count). The zero-order valence-electron chi connectivity index (χ0n) is 16.9. The number of benzene rings is 2. The van der Waals surface area contributed by atoms with Gasteiger partial charge in [0.25, 0.3) is 0 Å². The highest BCUT2D eigenvalue weighted by Crippen LogP contribution is 2.27. The number of hydrogen-bond donors (Lipinski definition) is 2. The van der Waals surface area contributed by atoms with Gasteiger partial charge in [-0.3, -0.25) is 9.59 Å². The minimum Gasteiger partial charge on any atom is -0.366 e. The number of anilines is 1.